The lowest BCUT2D eigenvalue weighted by Crippen LogP contribution is -1.94. The molecule has 102 valence electrons. The van der Waals surface area contributed by atoms with Crippen LogP contribution in [-0.4, -0.2) is 20.9 Å². The van der Waals surface area contributed by atoms with E-state index >= 15 is 0 Å². The van der Waals surface area contributed by atoms with Gasteiger partial charge in [0, 0.05) is 11.8 Å². The second kappa shape index (κ2) is 6.52. The number of fused-ring (bicyclic) bond motifs is 1. The quantitative estimate of drug-likeness (QED) is 0.773. The average molecular weight is 268 g/mol. The summed E-state index contributed by atoms with van der Waals surface area (Å²) in [6, 6.07) is 18.4. The van der Waals surface area contributed by atoms with Gasteiger partial charge < -0.3 is 5.11 Å². The van der Waals surface area contributed by atoms with Gasteiger partial charge in [0.2, 0.25) is 0 Å². The summed E-state index contributed by atoms with van der Waals surface area (Å²) < 4.78 is 1.95. The van der Waals surface area contributed by atoms with E-state index in [-0.39, 0.29) is 6.42 Å². The molecule has 0 bridgehead atoms. The Morgan fingerprint density at radius 1 is 1.10 bits per heavy atom. The molecule has 3 aromatic rings. The molecule has 0 fully saturated rings. The van der Waals surface area contributed by atoms with E-state index in [2.05, 4.69) is 29.4 Å². The highest BCUT2D eigenvalue weighted by molar-refractivity contribution is 5.80. The number of hydrogen-bond acceptors (Lipinski definition) is 2. The van der Waals surface area contributed by atoms with Crippen LogP contribution in [0.25, 0.3) is 16.6 Å². The van der Waals surface area contributed by atoms with Crippen molar-refractivity contribution in [1.82, 2.24) is 9.78 Å². The summed E-state index contributed by atoms with van der Waals surface area (Å²) in [4.78, 5) is 9.37. The molecule has 0 unspecified atom stereocenters. The molecule has 3 rings (SSSR count). The largest absolute Gasteiger partial charge is 0.481 e. The van der Waals surface area contributed by atoms with E-state index in [4.69, 9.17) is 5.11 Å². The lowest BCUT2D eigenvalue weighted by molar-refractivity contribution is -0.136. The van der Waals surface area contributed by atoms with Gasteiger partial charge in [-0.25, -0.2) is 4.68 Å². The molecular weight excluding hydrogens is 252 g/mol. The van der Waals surface area contributed by atoms with Crippen LogP contribution in [0.3, 0.4) is 0 Å². The summed E-state index contributed by atoms with van der Waals surface area (Å²) in [6.45, 7) is 1.60. The molecule has 1 N–H and O–H groups in total. The first-order chi connectivity index (χ1) is 9.72. The summed E-state index contributed by atoms with van der Waals surface area (Å²) in [6.07, 6.45) is 2.11. The minimum absolute atomic E-state index is 0.222. The van der Waals surface area contributed by atoms with Crippen LogP contribution >= 0.6 is 0 Å². The van der Waals surface area contributed by atoms with E-state index in [9.17, 15) is 4.79 Å². The number of hydrogen-bond donors (Lipinski definition) is 1. The number of nitrogens with zero attached hydrogens (tertiary/aromatic N) is 2. The van der Waals surface area contributed by atoms with Crippen LogP contribution in [0.15, 0.2) is 60.8 Å². The van der Waals surface area contributed by atoms with Crippen molar-refractivity contribution >= 4 is 16.9 Å². The monoisotopic (exact) mass is 268 g/mol. The number of rotatable bonds is 2. The molecule has 0 radical (unpaired) electrons. The van der Waals surface area contributed by atoms with Crippen molar-refractivity contribution in [2.45, 2.75) is 13.3 Å². The highest BCUT2D eigenvalue weighted by Crippen LogP contribution is 2.17. The van der Waals surface area contributed by atoms with Crippen LogP contribution < -0.4 is 0 Å². The molecule has 0 amide bonds. The molecule has 4 nitrogen and oxygen atoms in total. The Labute approximate surface area is 117 Å². The fourth-order valence-corrected chi connectivity index (χ4v) is 1.75. The maximum Gasteiger partial charge on any atom is 0.303 e. The number of aromatic nitrogens is 2. The van der Waals surface area contributed by atoms with Gasteiger partial charge in [0.1, 0.15) is 0 Å². The van der Waals surface area contributed by atoms with Gasteiger partial charge in [0.15, 0.2) is 0 Å². The second-order valence-electron chi connectivity index (χ2n) is 4.20. The van der Waals surface area contributed by atoms with Crippen LogP contribution in [0.5, 0.6) is 0 Å². The molecule has 0 saturated carbocycles. The summed E-state index contributed by atoms with van der Waals surface area (Å²) in [5.41, 5.74) is 2.24. The van der Waals surface area contributed by atoms with Gasteiger partial charge in [-0.1, -0.05) is 43.3 Å². The van der Waals surface area contributed by atoms with Crippen LogP contribution in [-0.2, 0) is 4.79 Å². The standard InChI is InChI=1S/C13H10N2.C3H6O2/c1-2-7-12(8-3-1)15-13-9-5-4-6-11(13)10-14-15;1-2-3(4)5/h1-10H;2H2,1H3,(H,4,5). The molecule has 1 aromatic heterocycles. The van der Waals surface area contributed by atoms with Crippen molar-refractivity contribution in [1.29, 1.82) is 0 Å². The maximum absolute atomic E-state index is 9.37. The average Bonchev–Trinajstić information content (AvgIpc) is 2.92. The molecule has 4 heteroatoms. The van der Waals surface area contributed by atoms with Gasteiger partial charge in [-0.15, -0.1) is 0 Å². The summed E-state index contributed by atoms with van der Waals surface area (Å²) in [7, 11) is 0. The van der Waals surface area contributed by atoms with Crippen LogP contribution in [0.1, 0.15) is 13.3 Å². The molecule has 2 aromatic carbocycles. The van der Waals surface area contributed by atoms with E-state index in [0.717, 1.165) is 11.2 Å². The molecule has 0 aliphatic carbocycles. The zero-order chi connectivity index (χ0) is 14.4. The molecular formula is C16H16N2O2. The first kappa shape index (κ1) is 13.8. The van der Waals surface area contributed by atoms with Crippen molar-refractivity contribution < 1.29 is 9.90 Å². The summed E-state index contributed by atoms with van der Waals surface area (Å²) in [5, 5.41) is 13.3. The van der Waals surface area contributed by atoms with Crippen molar-refractivity contribution in [2.24, 2.45) is 0 Å². The number of carbonyl (C=O) groups is 1. The lowest BCUT2D eigenvalue weighted by Gasteiger charge is -2.01. The Morgan fingerprint density at radius 3 is 2.35 bits per heavy atom. The van der Waals surface area contributed by atoms with Gasteiger partial charge in [-0.05, 0) is 18.2 Å². The van der Waals surface area contributed by atoms with Crippen LogP contribution in [0.4, 0.5) is 0 Å². The van der Waals surface area contributed by atoms with Crippen molar-refractivity contribution in [3.05, 3.63) is 60.8 Å². The molecule has 20 heavy (non-hydrogen) atoms. The van der Waals surface area contributed by atoms with Crippen molar-refractivity contribution in [2.75, 3.05) is 0 Å². The zero-order valence-electron chi connectivity index (χ0n) is 11.2. The first-order valence-electron chi connectivity index (χ1n) is 6.42. The smallest absolute Gasteiger partial charge is 0.303 e. The van der Waals surface area contributed by atoms with Crippen molar-refractivity contribution in [3.63, 3.8) is 0 Å². The van der Waals surface area contributed by atoms with Crippen LogP contribution in [0, 0.1) is 0 Å². The minimum Gasteiger partial charge on any atom is -0.481 e. The SMILES string of the molecule is CCC(=O)O.c1ccc(-n2ncc3ccccc32)cc1. The Morgan fingerprint density at radius 2 is 1.70 bits per heavy atom. The Balaban J connectivity index is 0.000000257. The van der Waals surface area contributed by atoms with E-state index in [1.807, 2.05) is 41.2 Å². The molecule has 1 heterocycles. The molecule has 0 spiro atoms. The predicted octanol–water partition coefficient (Wildman–Crippen LogP) is 3.51. The topological polar surface area (TPSA) is 55.1 Å². The summed E-state index contributed by atoms with van der Waals surface area (Å²) in [5.74, 6) is -0.745. The summed E-state index contributed by atoms with van der Waals surface area (Å²) >= 11 is 0. The third-order valence-corrected chi connectivity index (χ3v) is 2.78. The Kier molecular flexibility index (Phi) is 4.50. The molecule has 0 aliphatic rings. The lowest BCUT2D eigenvalue weighted by atomic mass is 10.2. The fourth-order valence-electron chi connectivity index (χ4n) is 1.75. The van der Waals surface area contributed by atoms with E-state index in [1.54, 1.807) is 6.92 Å². The van der Waals surface area contributed by atoms with E-state index in [0.29, 0.717) is 0 Å². The van der Waals surface area contributed by atoms with Gasteiger partial charge in [-0.3, -0.25) is 4.79 Å². The first-order valence-corrected chi connectivity index (χ1v) is 6.42. The molecule has 0 saturated heterocycles. The number of carboxylic acid groups (broad SMARTS) is 1. The zero-order valence-corrected chi connectivity index (χ0v) is 11.2. The van der Waals surface area contributed by atoms with E-state index < -0.39 is 5.97 Å². The van der Waals surface area contributed by atoms with Gasteiger partial charge in [0.25, 0.3) is 0 Å². The van der Waals surface area contributed by atoms with E-state index in [1.165, 1.54) is 5.39 Å². The highest BCUT2D eigenvalue weighted by atomic mass is 16.4. The third-order valence-electron chi connectivity index (χ3n) is 2.78. The molecule has 0 aliphatic heterocycles. The fraction of sp³-hybridized carbons (Fsp3) is 0.125. The number of carboxylic acids is 1. The van der Waals surface area contributed by atoms with Gasteiger partial charge in [0.05, 0.1) is 17.4 Å². The third kappa shape index (κ3) is 3.23. The maximum atomic E-state index is 9.37. The highest BCUT2D eigenvalue weighted by Gasteiger charge is 2.02. The second-order valence-corrected chi connectivity index (χ2v) is 4.20. The Bertz CT molecular complexity index is 690. The number of para-hydroxylation sites is 2. The van der Waals surface area contributed by atoms with Gasteiger partial charge >= 0.3 is 5.97 Å². The predicted molar refractivity (Wildman–Crippen MR) is 79.0 cm³/mol. The number of benzene rings is 2. The van der Waals surface area contributed by atoms with Gasteiger partial charge in [-0.2, -0.15) is 5.10 Å². The molecule has 0 atom stereocenters. The number of aliphatic carboxylic acids is 1. The minimum atomic E-state index is -0.745. The normalized spacial score (nSPS) is 9.85. The van der Waals surface area contributed by atoms with Crippen molar-refractivity contribution in [3.8, 4) is 5.69 Å². The van der Waals surface area contributed by atoms with Crippen LogP contribution in [0.2, 0.25) is 0 Å². The Hall–Kier alpha value is -2.62.